The van der Waals surface area contributed by atoms with Gasteiger partial charge in [0.25, 0.3) is 11.8 Å². The lowest BCUT2D eigenvalue weighted by Crippen LogP contribution is -2.24. The third-order valence-electron chi connectivity index (χ3n) is 5.25. The molecule has 0 bridgehead atoms. The maximum Gasteiger partial charge on any atom is 0.255 e. The molecule has 30 heavy (non-hydrogen) atoms. The lowest BCUT2D eigenvalue weighted by molar-refractivity contribution is 0.0952. The fourth-order valence-corrected chi connectivity index (χ4v) is 3.43. The van der Waals surface area contributed by atoms with Gasteiger partial charge in [-0.25, -0.2) is 0 Å². The van der Waals surface area contributed by atoms with Crippen LogP contribution in [0.1, 0.15) is 91.0 Å². The number of rotatable bonds is 13. The monoisotopic (exact) mass is 408 g/mol. The van der Waals surface area contributed by atoms with Crippen LogP contribution in [-0.4, -0.2) is 18.4 Å². The van der Waals surface area contributed by atoms with Gasteiger partial charge in [-0.15, -0.1) is 0 Å². The molecular formula is C26H36N2O2. The third kappa shape index (κ3) is 8.81. The highest BCUT2D eigenvalue weighted by molar-refractivity contribution is 6.04. The molecule has 4 nitrogen and oxygen atoms in total. The fourth-order valence-electron chi connectivity index (χ4n) is 3.43. The molecule has 0 atom stereocenters. The molecule has 0 radical (unpaired) electrons. The van der Waals surface area contributed by atoms with Crippen LogP contribution in [0.25, 0.3) is 0 Å². The van der Waals surface area contributed by atoms with Gasteiger partial charge in [-0.3, -0.25) is 9.59 Å². The quantitative estimate of drug-likeness (QED) is 0.371. The summed E-state index contributed by atoms with van der Waals surface area (Å²) in [4.78, 5) is 24.6. The number of aryl methyl sites for hydroxylation is 1. The summed E-state index contributed by atoms with van der Waals surface area (Å²) in [6.07, 6.45) is 11.4. The highest BCUT2D eigenvalue weighted by atomic mass is 16.2. The van der Waals surface area contributed by atoms with Gasteiger partial charge in [0.1, 0.15) is 0 Å². The van der Waals surface area contributed by atoms with Crippen LogP contribution in [0.3, 0.4) is 0 Å². The Labute approximate surface area is 181 Å². The Hall–Kier alpha value is -2.62. The minimum Gasteiger partial charge on any atom is -0.352 e. The van der Waals surface area contributed by atoms with Crippen LogP contribution in [0.15, 0.2) is 48.5 Å². The zero-order valence-electron chi connectivity index (χ0n) is 18.5. The Bertz CT molecular complexity index is 784. The number of amides is 2. The van der Waals surface area contributed by atoms with Crippen molar-refractivity contribution in [2.24, 2.45) is 0 Å². The molecule has 4 heteroatoms. The van der Waals surface area contributed by atoms with Gasteiger partial charge in [0, 0.05) is 23.4 Å². The second-order valence-electron chi connectivity index (χ2n) is 7.99. The van der Waals surface area contributed by atoms with Gasteiger partial charge >= 0.3 is 0 Å². The molecule has 0 aromatic heterocycles. The van der Waals surface area contributed by atoms with Crippen LogP contribution >= 0.6 is 0 Å². The van der Waals surface area contributed by atoms with E-state index in [2.05, 4.69) is 17.6 Å². The van der Waals surface area contributed by atoms with Crippen LogP contribution in [0.4, 0.5) is 5.69 Å². The second-order valence-corrected chi connectivity index (χ2v) is 7.99. The minimum atomic E-state index is -0.152. The Morgan fingerprint density at radius 1 is 0.733 bits per heavy atom. The third-order valence-corrected chi connectivity index (χ3v) is 5.25. The highest BCUT2D eigenvalue weighted by Crippen LogP contribution is 2.13. The number of unbranched alkanes of at least 4 members (excludes halogenated alkanes) is 8. The van der Waals surface area contributed by atoms with Gasteiger partial charge in [0.15, 0.2) is 0 Å². The molecule has 0 saturated carbocycles. The first kappa shape index (κ1) is 23.7. The fraction of sp³-hybridized carbons (Fsp3) is 0.462. The van der Waals surface area contributed by atoms with Crippen LogP contribution in [0.5, 0.6) is 0 Å². The SMILES string of the molecule is CCCCCCCCCCCNC(=O)c1ccc(NC(=O)c2cccc(C)c2)cc1. The Kier molecular flexibility index (Phi) is 10.7. The van der Waals surface area contributed by atoms with Crippen molar-refractivity contribution in [2.45, 2.75) is 71.6 Å². The number of nitrogens with one attached hydrogen (secondary N) is 2. The smallest absolute Gasteiger partial charge is 0.255 e. The Balaban J connectivity index is 1.64. The zero-order valence-corrected chi connectivity index (χ0v) is 18.5. The topological polar surface area (TPSA) is 58.2 Å². The summed E-state index contributed by atoms with van der Waals surface area (Å²) in [5, 5.41) is 5.85. The molecule has 0 aliphatic carbocycles. The molecule has 0 heterocycles. The van der Waals surface area contributed by atoms with Crippen molar-refractivity contribution in [1.82, 2.24) is 5.32 Å². The van der Waals surface area contributed by atoms with Crippen molar-refractivity contribution in [3.63, 3.8) is 0 Å². The van der Waals surface area contributed by atoms with Crippen molar-refractivity contribution in [3.8, 4) is 0 Å². The molecule has 0 unspecified atom stereocenters. The molecular weight excluding hydrogens is 372 g/mol. The van der Waals surface area contributed by atoms with Crippen LogP contribution in [-0.2, 0) is 0 Å². The predicted octanol–water partition coefficient (Wildman–Crippen LogP) is 6.51. The van der Waals surface area contributed by atoms with Gasteiger partial charge < -0.3 is 10.6 Å². The predicted molar refractivity (Wildman–Crippen MR) is 125 cm³/mol. The molecule has 2 aromatic carbocycles. The van der Waals surface area contributed by atoms with E-state index >= 15 is 0 Å². The minimum absolute atomic E-state index is 0.0638. The molecule has 0 saturated heterocycles. The summed E-state index contributed by atoms with van der Waals surface area (Å²) in [5.41, 5.74) is 2.95. The van der Waals surface area contributed by atoms with E-state index in [1.807, 2.05) is 25.1 Å². The van der Waals surface area contributed by atoms with Gasteiger partial charge in [-0.05, 0) is 49.7 Å². The molecule has 2 rings (SSSR count). The van der Waals surface area contributed by atoms with Crippen LogP contribution in [0, 0.1) is 6.92 Å². The number of carbonyl (C=O) groups is 2. The lowest BCUT2D eigenvalue weighted by Gasteiger charge is -2.08. The zero-order chi connectivity index (χ0) is 21.6. The second kappa shape index (κ2) is 13.6. The summed E-state index contributed by atoms with van der Waals surface area (Å²) in [7, 11) is 0. The van der Waals surface area contributed by atoms with Crippen molar-refractivity contribution >= 4 is 17.5 Å². The molecule has 162 valence electrons. The first-order valence-electron chi connectivity index (χ1n) is 11.4. The summed E-state index contributed by atoms with van der Waals surface area (Å²) >= 11 is 0. The van der Waals surface area contributed by atoms with E-state index in [0.717, 1.165) is 18.4 Å². The number of benzene rings is 2. The normalized spacial score (nSPS) is 10.6. The van der Waals surface area contributed by atoms with E-state index in [9.17, 15) is 9.59 Å². The van der Waals surface area contributed by atoms with E-state index in [-0.39, 0.29) is 11.8 Å². The van der Waals surface area contributed by atoms with E-state index in [4.69, 9.17) is 0 Å². The number of hydrogen-bond acceptors (Lipinski definition) is 2. The van der Waals surface area contributed by atoms with Gasteiger partial charge in [-0.2, -0.15) is 0 Å². The summed E-state index contributed by atoms with van der Waals surface area (Å²) in [6, 6.07) is 14.5. The van der Waals surface area contributed by atoms with Crippen molar-refractivity contribution in [3.05, 3.63) is 65.2 Å². The largest absolute Gasteiger partial charge is 0.352 e. The summed E-state index contributed by atoms with van der Waals surface area (Å²) < 4.78 is 0. The number of anilines is 1. The van der Waals surface area contributed by atoms with E-state index in [1.165, 1.54) is 44.9 Å². The van der Waals surface area contributed by atoms with Gasteiger partial charge in [0.05, 0.1) is 0 Å². The summed E-state index contributed by atoms with van der Waals surface area (Å²) in [5.74, 6) is -0.215. The number of hydrogen-bond donors (Lipinski definition) is 2. The first-order valence-corrected chi connectivity index (χ1v) is 11.4. The average Bonchev–Trinajstić information content (AvgIpc) is 2.75. The first-order chi connectivity index (χ1) is 14.6. The lowest BCUT2D eigenvalue weighted by atomic mass is 10.1. The van der Waals surface area contributed by atoms with Crippen molar-refractivity contribution in [1.29, 1.82) is 0 Å². The molecule has 2 N–H and O–H groups in total. The Morgan fingerprint density at radius 2 is 1.37 bits per heavy atom. The summed E-state index contributed by atoms with van der Waals surface area (Å²) in [6.45, 7) is 4.91. The van der Waals surface area contributed by atoms with Crippen LogP contribution < -0.4 is 10.6 Å². The molecule has 2 amide bonds. The van der Waals surface area contributed by atoms with Crippen LogP contribution in [0.2, 0.25) is 0 Å². The molecule has 0 fully saturated rings. The van der Waals surface area contributed by atoms with Gasteiger partial charge in [0.2, 0.25) is 0 Å². The standard InChI is InChI=1S/C26H36N2O2/c1-3-4-5-6-7-8-9-10-11-19-27-25(29)22-15-17-24(18-16-22)28-26(30)23-14-12-13-21(2)20-23/h12-18,20H,3-11,19H2,1-2H3,(H,27,29)(H,28,30). The molecule has 0 aliphatic rings. The van der Waals surface area contributed by atoms with E-state index < -0.39 is 0 Å². The molecule has 2 aromatic rings. The maximum atomic E-state index is 12.3. The van der Waals surface area contributed by atoms with Crippen molar-refractivity contribution < 1.29 is 9.59 Å². The van der Waals surface area contributed by atoms with Gasteiger partial charge in [-0.1, -0.05) is 76.0 Å². The molecule has 0 spiro atoms. The molecule has 0 aliphatic heterocycles. The Morgan fingerprint density at radius 3 is 2.00 bits per heavy atom. The van der Waals surface area contributed by atoms with E-state index in [0.29, 0.717) is 23.4 Å². The van der Waals surface area contributed by atoms with Crippen molar-refractivity contribution in [2.75, 3.05) is 11.9 Å². The average molecular weight is 409 g/mol. The van der Waals surface area contributed by atoms with E-state index in [1.54, 1.807) is 30.3 Å². The maximum absolute atomic E-state index is 12.3. The number of carbonyl (C=O) groups excluding carboxylic acids is 2. The highest BCUT2D eigenvalue weighted by Gasteiger charge is 2.08.